The number of sulfonamides is 1. The number of rotatable bonds is 4. The van der Waals surface area contributed by atoms with E-state index in [-0.39, 0.29) is 10.7 Å². The molecule has 0 saturated heterocycles. The van der Waals surface area contributed by atoms with Gasteiger partial charge in [0.1, 0.15) is 11.5 Å². The molecule has 7 nitrogen and oxygen atoms in total. The van der Waals surface area contributed by atoms with Crippen LogP contribution in [0.15, 0.2) is 39.9 Å². The van der Waals surface area contributed by atoms with Crippen molar-refractivity contribution in [2.45, 2.75) is 25.7 Å². The number of anilines is 1. The number of hydrogen-bond acceptors (Lipinski definition) is 5. The highest BCUT2D eigenvalue weighted by Gasteiger charge is 2.24. The molecule has 0 aliphatic rings. The molecule has 1 aromatic carbocycles. The normalized spacial score (nSPS) is 11.6. The molecule has 0 unspecified atom stereocenters. The van der Waals surface area contributed by atoms with Crippen LogP contribution in [0.1, 0.15) is 17.3 Å². The van der Waals surface area contributed by atoms with Gasteiger partial charge in [0.25, 0.3) is 10.0 Å². The van der Waals surface area contributed by atoms with Crippen LogP contribution in [0.25, 0.3) is 11.3 Å². The summed E-state index contributed by atoms with van der Waals surface area (Å²) in [7, 11) is -3.76. The predicted octanol–water partition coefficient (Wildman–Crippen LogP) is 2.79. The Hall–Kier alpha value is -2.61. The lowest BCUT2D eigenvalue weighted by Crippen LogP contribution is -2.14. The van der Waals surface area contributed by atoms with Crippen molar-refractivity contribution < 1.29 is 12.9 Å². The molecule has 2 aromatic heterocycles. The van der Waals surface area contributed by atoms with Crippen molar-refractivity contribution in [3.8, 4) is 11.3 Å². The number of aryl methyl sites for hydroxylation is 3. The predicted molar refractivity (Wildman–Crippen MR) is 85.5 cm³/mol. The minimum atomic E-state index is -3.76. The SMILES string of the molecule is Cc1ncc(-c2cccc(NS(=O)(=O)c3c(C)noc3C)c2)[nH]1. The highest BCUT2D eigenvalue weighted by atomic mass is 32.2. The van der Waals surface area contributed by atoms with Crippen LogP contribution in [0, 0.1) is 20.8 Å². The van der Waals surface area contributed by atoms with Crippen molar-refractivity contribution in [2.75, 3.05) is 4.72 Å². The van der Waals surface area contributed by atoms with Crippen LogP contribution in [0.2, 0.25) is 0 Å². The molecule has 2 N–H and O–H groups in total. The maximum atomic E-state index is 12.5. The second-order valence-corrected chi connectivity index (χ2v) is 6.84. The monoisotopic (exact) mass is 332 g/mol. The number of hydrogen-bond donors (Lipinski definition) is 2. The van der Waals surface area contributed by atoms with Gasteiger partial charge in [-0.1, -0.05) is 17.3 Å². The molecule has 0 amide bonds. The van der Waals surface area contributed by atoms with Gasteiger partial charge < -0.3 is 9.51 Å². The lowest BCUT2D eigenvalue weighted by Gasteiger charge is -2.08. The molecule has 0 radical (unpaired) electrons. The summed E-state index contributed by atoms with van der Waals surface area (Å²) in [5.74, 6) is 1.05. The molecule has 0 saturated carbocycles. The van der Waals surface area contributed by atoms with Crippen LogP contribution in [0.5, 0.6) is 0 Å². The zero-order chi connectivity index (χ0) is 16.6. The van der Waals surface area contributed by atoms with Gasteiger partial charge in [0.05, 0.1) is 11.9 Å². The maximum Gasteiger partial charge on any atom is 0.267 e. The fourth-order valence-corrected chi connectivity index (χ4v) is 3.76. The number of aromatic amines is 1. The van der Waals surface area contributed by atoms with Gasteiger partial charge in [0, 0.05) is 11.3 Å². The van der Waals surface area contributed by atoms with E-state index in [9.17, 15) is 8.42 Å². The van der Waals surface area contributed by atoms with E-state index in [1.165, 1.54) is 0 Å². The first-order valence-electron chi connectivity index (χ1n) is 6.94. The van der Waals surface area contributed by atoms with E-state index in [1.54, 1.807) is 38.2 Å². The van der Waals surface area contributed by atoms with E-state index in [1.807, 2.05) is 13.0 Å². The lowest BCUT2D eigenvalue weighted by molar-refractivity contribution is 0.390. The smallest absolute Gasteiger partial charge is 0.267 e. The van der Waals surface area contributed by atoms with E-state index in [2.05, 4.69) is 19.8 Å². The largest absolute Gasteiger partial charge is 0.360 e. The van der Waals surface area contributed by atoms with Gasteiger partial charge in [-0.2, -0.15) is 0 Å². The molecule has 0 fully saturated rings. The van der Waals surface area contributed by atoms with Crippen molar-refractivity contribution in [1.82, 2.24) is 15.1 Å². The Labute approximate surface area is 133 Å². The summed E-state index contributed by atoms with van der Waals surface area (Å²) in [6.07, 6.45) is 1.71. The summed E-state index contributed by atoms with van der Waals surface area (Å²) in [4.78, 5) is 7.33. The van der Waals surface area contributed by atoms with E-state index in [0.717, 1.165) is 17.1 Å². The maximum absolute atomic E-state index is 12.5. The molecular formula is C15H16N4O3S. The van der Waals surface area contributed by atoms with Gasteiger partial charge in [0.15, 0.2) is 10.7 Å². The fraction of sp³-hybridized carbons (Fsp3) is 0.200. The molecule has 8 heteroatoms. The van der Waals surface area contributed by atoms with Gasteiger partial charge in [-0.15, -0.1) is 0 Å². The highest BCUT2D eigenvalue weighted by Crippen LogP contribution is 2.25. The fourth-order valence-electron chi connectivity index (χ4n) is 2.38. The van der Waals surface area contributed by atoms with Crippen LogP contribution in [0.4, 0.5) is 5.69 Å². The molecule has 3 rings (SSSR count). The third-order valence-corrected chi connectivity index (χ3v) is 4.99. The number of aromatic nitrogens is 3. The van der Waals surface area contributed by atoms with Crippen LogP contribution in [0.3, 0.4) is 0 Å². The first-order valence-corrected chi connectivity index (χ1v) is 8.43. The minimum absolute atomic E-state index is 0.0697. The number of nitrogens with one attached hydrogen (secondary N) is 2. The van der Waals surface area contributed by atoms with Crippen molar-refractivity contribution in [3.63, 3.8) is 0 Å². The van der Waals surface area contributed by atoms with Crippen molar-refractivity contribution in [3.05, 3.63) is 47.7 Å². The molecule has 120 valence electrons. The molecule has 0 aliphatic carbocycles. The molecular weight excluding hydrogens is 316 g/mol. The van der Waals surface area contributed by atoms with Crippen LogP contribution in [-0.2, 0) is 10.0 Å². The molecule has 2 heterocycles. The Morgan fingerprint density at radius 3 is 2.61 bits per heavy atom. The molecule has 3 aromatic rings. The van der Waals surface area contributed by atoms with Gasteiger partial charge in [-0.3, -0.25) is 4.72 Å². The Bertz CT molecular complexity index is 937. The third-order valence-electron chi connectivity index (χ3n) is 3.37. The molecule has 0 bridgehead atoms. The number of H-pyrrole nitrogens is 1. The zero-order valence-electron chi connectivity index (χ0n) is 12.9. The van der Waals surface area contributed by atoms with E-state index >= 15 is 0 Å². The summed E-state index contributed by atoms with van der Waals surface area (Å²) >= 11 is 0. The summed E-state index contributed by atoms with van der Waals surface area (Å²) in [5, 5.41) is 3.68. The average Bonchev–Trinajstić information content (AvgIpc) is 3.05. The van der Waals surface area contributed by atoms with Gasteiger partial charge in [0.2, 0.25) is 0 Å². The van der Waals surface area contributed by atoms with Gasteiger partial charge in [-0.25, -0.2) is 13.4 Å². The summed E-state index contributed by atoms with van der Waals surface area (Å²) in [5.41, 5.74) is 2.44. The third kappa shape index (κ3) is 2.98. The lowest BCUT2D eigenvalue weighted by atomic mass is 10.1. The number of benzene rings is 1. The number of imidazole rings is 1. The van der Waals surface area contributed by atoms with Gasteiger partial charge in [-0.05, 0) is 32.9 Å². The van der Waals surface area contributed by atoms with Crippen molar-refractivity contribution in [1.29, 1.82) is 0 Å². The summed E-state index contributed by atoms with van der Waals surface area (Å²) in [6.45, 7) is 5.01. The quantitative estimate of drug-likeness (QED) is 0.765. The first kappa shape index (κ1) is 15.3. The topological polar surface area (TPSA) is 101 Å². The van der Waals surface area contributed by atoms with Crippen LogP contribution < -0.4 is 4.72 Å². The Morgan fingerprint density at radius 1 is 1.22 bits per heavy atom. The Kier molecular flexibility index (Phi) is 3.69. The molecule has 23 heavy (non-hydrogen) atoms. The molecule has 0 aliphatic heterocycles. The minimum Gasteiger partial charge on any atom is -0.360 e. The second kappa shape index (κ2) is 5.54. The average molecular weight is 332 g/mol. The van der Waals surface area contributed by atoms with Crippen molar-refractivity contribution >= 4 is 15.7 Å². The molecule has 0 spiro atoms. The van der Waals surface area contributed by atoms with E-state index in [4.69, 9.17) is 4.52 Å². The molecule has 0 atom stereocenters. The van der Waals surface area contributed by atoms with Crippen molar-refractivity contribution in [2.24, 2.45) is 0 Å². The van der Waals surface area contributed by atoms with Gasteiger partial charge >= 0.3 is 0 Å². The van der Waals surface area contributed by atoms with Crippen LogP contribution >= 0.6 is 0 Å². The standard InChI is InChI=1S/C15H16N4O3S/c1-9-15(10(2)22-18-9)23(20,21)19-13-6-4-5-12(7-13)14-8-16-11(3)17-14/h4-8,19H,1-3H3,(H,16,17). The Morgan fingerprint density at radius 2 is 2.00 bits per heavy atom. The highest BCUT2D eigenvalue weighted by molar-refractivity contribution is 7.92. The van der Waals surface area contributed by atoms with Crippen LogP contribution in [-0.4, -0.2) is 23.5 Å². The Balaban J connectivity index is 1.94. The summed E-state index contributed by atoms with van der Waals surface area (Å²) < 4.78 is 32.5. The zero-order valence-corrected chi connectivity index (χ0v) is 13.7. The number of nitrogens with zero attached hydrogens (tertiary/aromatic N) is 2. The summed E-state index contributed by atoms with van der Waals surface area (Å²) in [6, 6.07) is 7.07. The first-order chi connectivity index (χ1) is 10.9. The van der Waals surface area contributed by atoms with E-state index < -0.39 is 10.0 Å². The second-order valence-electron chi connectivity index (χ2n) is 5.22. The van der Waals surface area contributed by atoms with E-state index in [0.29, 0.717) is 11.4 Å².